The van der Waals surface area contributed by atoms with Crippen LogP contribution in [0.3, 0.4) is 0 Å². The molecule has 0 bridgehead atoms. The number of nitrogens with zero attached hydrogens (tertiary/aromatic N) is 4. The van der Waals surface area contributed by atoms with E-state index in [1.165, 1.54) is 6.07 Å². The van der Waals surface area contributed by atoms with E-state index in [0.29, 0.717) is 50.4 Å². The Morgan fingerprint density at radius 2 is 1.29 bits per heavy atom. The molecule has 52 heavy (non-hydrogen) atoms. The molecule has 244 valence electrons. The molecule has 0 aliphatic heterocycles. The molecule has 0 unspecified atom stereocenters. The Labute approximate surface area is 303 Å². The van der Waals surface area contributed by atoms with E-state index >= 15 is 0 Å². The van der Waals surface area contributed by atoms with Crippen molar-refractivity contribution >= 4 is 70.9 Å². The molecule has 0 aliphatic rings. The predicted molar refractivity (Wildman–Crippen MR) is 216 cm³/mol. The zero-order valence-electron chi connectivity index (χ0n) is 30.9. The lowest BCUT2D eigenvalue weighted by Crippen LogP contribution is -2.02. The van der Waals surface area contributed by atoms with Crippen LogP contribution >= 0.6 is 0 Å². The minimum Gasteiger partial charge on any atom is -0.456 e. The van der Waals surface area contributed by atoms with Crippen molar-refractivity contribution in [2.24, 2.45) is 0 Å². The molecular formula is C47H30N4O. The molecule has 10 rings (SSSR count). The lowest BCUT2D eigenvalue weighted by molar-refractivity contribution is 0.668. The Kier molecular flexibility index (Phi) is 6.04. The van der Waals surface area contributed by atoms with Gasteiger partial charge in [0.25, 0.3) is 0 Å². The van der Waals surface area contributed by atoms with E-state index < -0.39 is 0 Å². The fourth-order valence-corrected chi connectivity index (χ4v) is 7.27. The smallest absolute Gasteiger partial charge is 0.164 e. The quantitative estimate of drug-likeness (QED) is 0.165. The van der Waals surface area contributed by atoms with Crippen LogP contribution < -0.4 is 0 Å². The summed E-state index contributed by atoms with van der Waals surface area (Å²) in [6, 6.07) is 40.5. The van der Waals surface area contributed by atoms with Gasteiger partial charge in [-0.25, -0.2) is 15.0 Å². The molecule has 7 aromatic carbocycles. The van der Waals surface area contributed by atoms with Gasteiger partial charge in [-0.3, -0.25) is 0 Å². The summed E-state index contributed by atoms with van der Waals surface area (Å²) in [7, 11) is 0. The van der Waals surface area contributed by atoms with Crippen molar-refractivity contribution in [1.29, 1.82) is 0 Å². The van der Waals surface area contributed by atoms with Gasteiger partial charge in [0, 0.05) is 50.0 Å². The van der Waals surface area contributed by atoms with E-state index in [1.807, 2.05) is 54.6 Å². The first kappa shape index (κ1) is 26.7. The summed E-state index contributed by atoms with van der Waals surface area (Å²) < 4.78 is 36.4. The van der Waals surface area contributed by atoms with Crippen LogP contribution in [0.5, 0.6) is 0 Å². The first-order valence-corrected chi connectivity index (χ1v) is 17.0. The third-order valence-electron chi connectivity index (χ3n) is 9.68. The number of rotatable bonds is 6. The summed E-state index contributed by atoms with van der Waals surface area (Å²) in [5, 5.41) is 7.85. The highest BCUT2D eigenvalue weighted by Crippen LogP contribution is 2.40. The number of fused-ring (bicyclic) bond motifs is 8. The predicted octanol–water partition coefficient (Wildman–Crippen LogP) is 12.3. The maximum atomic E-state index is 9.74. The summed E-state index contributed by atoms with van der Waals surface area (Å²) in [5.74, 6) is 0.969. The molecule has 0 spiro atoms. The SMILES string of the molecule is [2H]c1cc2oc3c([2H])c(-n4c5cc6ccccc6cc5c5cc6ccccc6cc54)ccc3c2c(-c2nc(/C(C=C)=C/C=C)nc(-c3ccccc3)n2)c1[2H]. The minimum absolute atomic E-state index is 0.0525. The van der Waals surface area contributed by atoms with Crippen LogP contribution in [-0.4, -0.2) is 19.5 Å². The molecule has 0 aliphatic carbocycles. The largest absolute Gasteiger partial charge is 0.456 e. The molecule has 0 fully saturated rings. The van der Waals surface area contributed by atoms with E-state index in [1.54, 1.807) is 18.2 Å². The van der Waals surface area contributed by atoms with Crippen LogP contribution in [0, 0.1) is 0 Å². The lowest BCUT2D eigenvalue weighted by atomic mass is 10.0. The van der Waals surface area contributed by atoms with Crippen molar-refractivity contribution < 1.29 is 8.53 Å². The first-order valence-electron chi connectivity index (χ1n) is 18.5. The van der Waals surface area contributed by atoms with Crippen LogP contribution in [-0.2, 0) is 0 Å². The summed E-state index contributed by atoms with van der Waals surface area (Å²) in [6.07, 6.45) is 5.05. The Morgan fingerprint density at radius 1 is 0.654 bits per heavy atom. The second kappa shape index (κ2) is 11.8. The Bertz CT molecular complexity index is 3190. The first-order chi connectivity index (χ1) is 26.9. The van der Waals surface area contributed by atoms with Gasteiger partial charge in [0.2, 0.25) is 0 Å². The van der Waals surface area contributed by atoms with Gasteiger partial charge in [-0.05, 0) is 64.0 Å². The summed E-state index contributed by atoms with van der Waals surface area (Å²) >= 11 is 0. The number of aromatic nitrogens is 4. The van der Waals surface area contributed by atoms with Crippen LogP contribution in [0.4, 0.5) is 0 Å². The molecule has 0 radical (unpaired) electrons. The Hall–Kier alpha value is -7.11. The molecule has 0 N–H and O–H groups in total. The van der Waals surface area contributed by atoms with Crippen molar-refractivity contribution in [3.63, 3.8) is 0 Å². The summed E-state index contributed by atoms with van der Waals surface area (Å²) in [5.41, 5.74) is 5.03. The molecule has 3 aromatic heterocycles. The second-order valence-corrected chi connectivity index (χ2v) is 12.7. The molecule has 0 saturated carbocycles. The molecule has 5 nitrogen and oxygen atoms in total. The molecule has 5 heteroatoms. The van der Waals surface area contributed by atoms with Crippen LogP contribution in [0.25, 0.3) is 99.3 Å². The zero-order valence-corrected chi connectivity index (χ0v) is 27.9. The topological polar surface area (TPSA) is 56.7 Å². The van der Waals surface area contributed by atoms with Gasteiger partial charge in [-0.1, -0.05) is 122 Å². The molecule has 3 heterocycles. The van der Waals surface area contributed by atoms with Crippen LogP contribution in [0.1, 0.15) is 9.94 Å². The normalized spacial score (nSPS) is 12.9. The van der Waals surface area contributed by atoms with Crippen LogP contribution in [0.2, 0.25) is 0 Å². The van der Waals surface area contributed by atoms with Crippen molar-refractivity contribution in [3.8, 4) is 28.5 Å². The number of furan rings is 1. The van der Waals surface area contributed by atoms with Gasteiger partial charge in [-0.15, -0.1) is 0 Å². The van der Waals surface area contributed by atoms with Gasteiger partial charge in [-0.2, -0.15) is 0 Å². The third-order valence-corrected chi connectivity index (χ3v) is 9.68. The van der Waals surface area contributed by atoms with E-state index in [-0.39, 0.29) is 24.0 Å². The fraction of sp³-hybridized carbons (Fsp3) is 0. The zero-order chi connectivity index (χ0) is 37.4. The summed E-state index contributed by atoms with van der Waals surface area (Å²) in [6.45, 7) is 7.80. The third kappa shape index (κ3) is 4.67. The Morgan fingerprint density at radius 3 is 1.94 bits per heavy atom. The maximum Gasteiger partial charge on any atom is 0.164 e. The highest BCUT2D eigenvalue weighted by atomic mass is 16.3. The molecule has 0 saturated heterocycles. The average molecular weight is 670 g/mol. The second-order valence-electron chi connectivity index (χ2n) is 12.7. The van der Waals surface area contributed by atoms with Gasteiger partial charge in [0.1, 0.15) is 11.2 Å². The average Bonchev–Trinajstić information content (AvgIpc) is 3.73. The van der Waals surface area contributed by atoms with Crippen molar-refractivity contribution in [1.82, 2.24) is 19.5 Å². The highest BCUT2D eigenvalue weighted by molar-refractivity contribution is 6.17. The van der Waals surface area contributed by atoms with E-state index in [0.717, 1.165) is 48.9 Å². The lowest BCUT2D eigenvalue weighted by Gasteiger charge is -2.10. The molecular weight excluding hydrogens is 637 g/mol. The van der Waals surface area contributed by atoms with Crippen molar-refractivity contribution in [2.45, 2.75) is 0 Å². The van der Waals surface area contributed by atoms with E-state index in [4.69, 9.17) is 20.7 Å². The maximum absolute atomic E-state index is 9.74. The highest BCUT2D eigenvalue weighted by Gasteiger charge is 2.20. The molecule has 0 amide bonds. The minimum atomic E-state index is -0.0593. The van der Waals surface area contributed by atoms with E-state index in [9.17, 15) is 2.74 Å². The fourth-order valence-electron chi connectivity index (χ4n) is 7.27. The van der Waals surface area contributed by atoms with Crippen molar-refractivity contribution in [3.05, 3.63) is 177 Å². The van der Waals surface area contributed by atoms with Gasteiger partial charge < -0.3 is 8.98 Å². The number of hydrogen-bond acceptors (Lipinski definition) is 4. The number of hydrogen-bond donors (Lipinski definition) is 0. The monoisotopic (exact) mass is 669 g/mol. The molecule has 0 atom stereocenters. The number of allylic oxidation sites excluding steroid dienone is 4. The van der Waals surface area contributed by atoms with Crippen molar-refractivity contribution in [2.75, 3.05) is 0 Å². The summed E-state index contributed by atoms with van der Waals surface area (Å²) in [4.78, 5) is 14.5. The molecule has 10 aromatic rings. The Balaban J connectivity index is 1.27. The van der Waals surface area contributed by atoms with Gasteiger partial charge >= 0.3 is 0 Å². The van der Waals surface area contributed by atoms with Crippen LogP contribution in [0.15, 0.2) is 175 Å². The standard InChI is InChI=1S/C47H30N4O/c1-3-13-29(4-2)45-48-46(30-14-6-5-7-15-30)50-47(49-45)37-20-12-21-42-44(37)36-23-22-35(28-43(36)52-42)51-40-26-33-18-10-8-16-31(33)24-38(40)39-25-32-17-9-11-19-34(32)27-41(39)51/h3-28H,1-2H2/b29-13+/i12D,20D,28D. The van der Waals surface area contributed by atoms with Gasteiger partial charge in [0.15, 0.2) is 17.5 Å². The number of benzene rings is 7. The van der Waals surface area contributed by atoms with E-state index in [2.05, 4.69) is 78.4 Å². The van der Waals surface area contributed by atoms with Gasteiger partial charge in [0.05, 0.1) is 15.1 Å².